The van der Waals surface area contributed by atoms with Crippen LogP contribution in [0.2, 0.25) is 0 Å². The molecule has 0 aliphatic carbocycles. The van der Waals surface area contributed by atoms with Crippen LogP contribution in [-0.4, -0.2) is 26.9 Å². The summed E-state index contributed by atoms with van der Waals surface area (Å²) in [7, 11) is 1.48. The first-order chi connectivity index (χ1) is 13.6. The highest BCUT2D eigenvalue weighted by Crippen LogP contribution is 2.27. The SMILES string of the molecule is COc1ccc(CNc2cc(-c3ccccc3F)nc3c(Br)cnn23)c[n+]1O. The fraction of sp³-hybridized carbons (Fsp3) is 0.105. The first kappa shape index (κ1) is 18.2. The molecule has 142 valence electrons. The molecule has 0 bridgehead atoms. The molecule has 0 aliphatic heterocycles. The van der Waals surface area contributed by atoms with Crippen LogP contribution in [0.25, 0.3) is 16.9 Å². The number of rotatable bonds is 5. The smallest absolute Gasteiger partial charge is 0.416 e. The standard InChI is InChI=1S/C19H16BrFN5O2/c1-28-18-7-6-12(11-25(18)27)9-22-17-8-16(13-4-2-3-5-15(13)21)24-19-14(20)10-23-26(17)19/h2-8,10-11,22,27H,9H2,1H3/q+1. The summed E-state index contributed by atoms with van der Waals surface area (Å²) >= 11 is 3.43. The summed E-state index contributed by atoms with van der Waals surface area (Å²) in [6.45, 7) is 0.401. The predicted octanol–water partition coefficient (Wildman–Crippen LogP) is 3.44. The second-order valence-electron chi connectivity index (χ2n) is 6.01. The average molecular weight is 445 g/mol. The quantitative estimate of drug-likeness (QED) is 0.364. The fourth-order valence-corrected chi connectivity index (χ4v) is 3.19. The molecule has 9 heteroatoms. The molecule has 0 spiro atoms. The van der Waals surface area contributed by atoms with Crippen LogP contribution in [0.3, 0.4) is 0 Å². The van der Waals surface area contributed by atoms with Crippen LogP contribution in [-0.2, 0) is 6.54 Å². The number of ether oxygens (including phenoxy) is 1. The number of anilines is 1. The zero-order valence-corrected chi connectivity index (χ0v) is 16.4. The lowest BCUT2D eigenvalue weighted by Crippen LogP contribution is -2.32. The van der Waals surface area contributed by atoms with Gasteiger partial charge < -0.3 is 10.1 Å². The summed E-state index contributed by atoms with van der Waals surface area (Å²) in [5, 5.41) is 17.4. The van der Waals surface area contributed by atoms with Crippen molar-refractivity contribution in [3.63, 3.8) is 0 Å². The van der Waals surface area contributed by atoms with E-state index in [1.165, 1.54) is 13.2 Å². The minimum Gasteiger partial charge on any atom is -0.445 e. The van der Waals surface area contributed by atoms with Gasteiger partial charge >= 0.3 is 5.88 Å². The Morgan fingerprint density at radius 1 is 1.29 bits per heavy atom. The van der Waals surface area contributed by atoms with E-state index in [9.17, 15) is 9.60 Å². The van der Waals surface area contributed by atoms with Crippen molar-refractivity contribution < 1.29 is 19.1 Å². The third kappa shape index (κ3) is 3.36. The summed E-state index contributed by atoms with van der Waals surface area (Å²) in [4.78, 5) is 4.53. The Hall–Kier alpha value is -3.20. The van der Waals surface area contributed by atoms with Gasteiger partial charge in [-0.25, -0.2) is 9.37 Å². The van der Waals surface area contributed by atoms with Gasteiger partial charge in [-0.1, -0.05) is 12.1 Å². The number of halogens is 2. The first-order valence-corrected chi connectivity index (χ1v) is 9.17. The van der Waals surface area contributed by atoms with Crippen LogP contribution in [0.15, 0.2) is 59.3 Å². The van der Waals surface area contributed by atoms with Crippen LogP contribution in [0.1, 0.15) is 5.56 Å². The maximum atomic E-state index is 14.3. The van der Waals surface area contributed by atoms with E-state index >= 15 is 0 Å². The molecule has 0 saturated heterocycles. The highest BCUT2D eigenvalue weighted by atomic mass is 79.9. The molecule has 0 saturated carbocycles. The van der Waals surface area contributed by atoms with Crippen molar-refractivity contribution in [3.8, 4) is 17.1 Å². The lowest BCUT2D eigenvalue weighted by atomic mass is 10.1. The van der Waals surface area contributed by atoms with Crippen LogP contribution in [0, 0.1) is 5.82 Å². The van der Waals surface area contributed by atoms with E-state index in [1.807, 2.05) is 6.07 Å². The lowest BCUT2D eigenvalue weighted by molar-refractivity contribution is -0.906. The van der Waals surface area contributed by atoms with Gasteiger partial charge in [-0.2, -0.15) is 9.61 Å². The van der Waals surface area contributed by atoms with Crippen molar-refractivity contribution in [1.29, 1.82) is 0 Å². The van der Waals surface area contributed by atoms with E-state index < -0.39 is 0 Å². The third-order valence-electron chi connectivity index (χ3n) is 4.22. The molecule has 1 aromatic carbocycles. The molecular weight excluding hydrogens is 429 g/mol. The maximum Gasteiger partial charge on any atom is 0.416 e. The van der Waals surface area contributed by atoms with Crippen LogP contribution >= 0.6 is 15.9 Å². The summed E-state index contributed by atoms with van der Waals surface area (Å²) in [5.74, 6) is 0.611. The van der Waals surface area contributed by atoms with Crippen molar-refractivity contribution >= 4 is 27.4 Å². The number of pyridine rings is 1. The average Bonchev–Trinajstić information content (AvgIpc) is 3.07. The Labute approximate surface area is 168 Å². The van der Waals surface area contributed by atoms with Crippen molar-refractivity contribution in [3.05, 3.63) is 70.7 Å². The number of fused-ring (bicyclic) bond motifs is 1. The molecule has 3 aromatic heterocycles. The van der Waals surface area contributed by atoms with E-state index in [0.717, 1.165) is 10.3 Å². The number of hydrogen-bond acceptors (Lipinski definition) is 5. The Morgan fingerprint density at radius 3 is 2.86 bits per heavy atom. The van der Waals surface area contributed by atoms with E-state index in [-0.39, 0.29) is 5.82 Å². The van der Waals surface area contributed by atoms with Crippen molar-refractivity contribution in [2.75, 3.05) is 12.4 Å². The molecule has 2 N–H and O–H groups in total. The molecule has 0 amide bonds. The minimum atomic E-state index is -0.350. The minimum absolute atomic E-state index is 0.327. The maximum absolute atomic E-state index is 14.3. The van der Waals surface area contributed by atoms with Gasteiger partial charge in [-0.15, -0.1) is 0 Å². The summed E-state index contributed by atoms with van der Waals surface area (Å²) in [5.41, 5.74) is 2.27. The van der Waals surface area contributed by atoms with Crippen LogP contribution in [0.4, 0.5) is 10.2 Å². The predicted molar refractivity (Wildman–Crippen MR) is 104 cm³/mol. The normalized spacial score (nSPS) is 11.0. The van der Waals surface area contributed by atoms with E-state index in [2.05, 4.69) is 31.3 Å². The van der Waals surface area contributed by atoms with Gasteiger partial charge in [0, 0.05) is 28.5 Å². The zero-order valence-electron chi connectivity index (χ0n) is 14.8. The Morgan fingerprint density at radius 2 is 2.11 bits per heavy atom. The number of hydrogen-bond donors (Lipinski definition) is 2. The number of nitrogens with one attached hydrogen (secondary N) is 1. The van der Waals surface area contributed by atoms with Gasteiger partial charge in [-0.3, -0.25) is 5.21 Å². The van der Waals surface area contributed by atoms with Crippen molar-refractivity contribution in [1.82, 2.24) is 14.6 Å². The van der Waals surface area contributed by atoms with Gasteiger partial charge in [0.2, 0.25) is 6.20 Å². The van der Waals surface area contributed by atoms with Gasteiger partial charge in [0.25, 0.3) is 0 Å². The third-order valence-corrected chi connectivity index (χ3v) is 4.77. The monoisotopic (exact) mass is 444 g/mol. The van der Waals surface area contributed by atoms with Gasteiger partial charge in [0.05, 0.1) is 29.5 Å². The van der Waals surface area contributed by atoms with Gasteiger partial charge in [0.1, 0.15) is 11.6 Å². The highest BCUT2D eigenvalue weighted by Gasteiger charge is 2.15. The van der Waals surface area contributed by atoms with E-state index in [0.29, 0.717) is 39.6 Å². The molecule has 0 fully saturated rings. The molecular formula is C19H16BrFN5O2+. The first-order valence-electron chi connectivity index (χ1n) is 8.37. The number of benzene rings is 1. The van der Waals surface area contributed by atoms with E-state index in [1.54, 1.807) is 47.2 Å². The molecule has 4 rings (SSSR count). The second-order valence-corrected chi connectivity index (χ2v) is 6.87. The Bertz CT molecular complexity index is 1160. The molecule has 0 unspecified atom stereocenters. The number of methoxy groups -OCH3 is 1. The number of nitrogens with zero attached hydrogens (tertiary/aromatic N) is 4. The molecule has 3 heterocycles. The van der Waals surface area contributed by atoms with Crippen LogP contribution in [0.5, 0.6) is 5.88 Å². The van der Waals surface area contributed by atoms with E-state index in [4.69, 9.17) is 4.74 Å². The Balaban J connectivity index is 1.72. The molecule has 0 aliphatic rings. The molecule has 4 aromatic rings. The summed E-state index contributed by atoms with van der Waals surface area (Å²) < 4.78 is 22.5. The van der Waals surface area contributed by atoms with Crippen molar-refractivity contribution in [2.45, 2.75) is 6.54 Å². The molecule has 28 heavy (non-hydrogen) atoms. The molecule has 0 radical (unpaired) electrons. The lowest BCUT2D eigenvalue weighted by Gasteiger charge is -2.11. The van der Waals surface area contributed by atoms with Gasteiger partial charge in [-0.05, 0) is 34.1 Å². The molecule has 0 atom stereocenters. The number of aromatic nitrogens is 4. The van der Waals surface area contributed by atoms with Gasteiger partial charge in [0.15, 0.2) is 5.65 Å². The largest absolute Gasteiger partial charge is 0.445 e. The summed E-state index contributed by atoms with van der Waals surface area (Å²) in [6.07, 6.45) is 3.18. The summed E-state index contributed by atoms with van der Waals surface area (Å²) in [6, 6.07) is 11.7. The Kier molecular flexibility index (Phi) is 4.82. The molecule has 7 nitrogen and oxygen atoms in total. The topological polar surface area (TPSA) is 75.6 Å². The zero-order chi connectivity index (χ0) is 19.7. The van der Waals surface area contributed by atoms with Crippen molar-refractivity contribution in [2.24, 2.45) is 0 Å². The fourth-order valence-electron chi connectivity index (χ4n) is 2.85. The second kappa shape index (κ2) is 7.43. The highest BCUT2D eigenvalue weighted by molar-refractivity contribution is 9.10. The van der Waals surface area contributed by atoms with Crippen LogP contribution < -0.4 is 14.8 Å².